The van der Waals surface area contributed by atoms with Gasteiger partial charge in [0.25, 0.3) is 0 Å². The van der Waals surface area contributed by atoms with Crippen molar-refractivity contribution in [1.29, 1.82) is 0 Å². The number of hydrogen-bond acceptors (Lipinski definition) is 4. The number of carboxylic acids is 1. The summed E-state index contributed by atoms with van der Waals surface area (Å²) in [5.41, 5.74) is -0.243. The molecule has 0 N–H and O–H groups in total. The lowest BCUT2D eigenvalue weighted by Gasteiger charge is -2.09. The standard InChI is InChI=1S/C9H7ClO4/c1-5(11)14-8-3-2-6(10)4-7(8)9(12)13/h2-4H,1H3,(H,12,13)/p-1. The second-order valence-electron chi connectivity index (χ2n) is 2.52. The first-order valence-corrected chi connectivity index (χ1v) is 4.08. The molecule has 1 aromatic rings. The van der Waals surface area contributed by atoms with Crippen molar-refractivity contribution in [3.63, 3.8) is 0 Å². The van der Waals surface area contributed by atoms with E-state index in [0.717, 1.165) is 6.07 Å². The average Bonchev–Trinajstić information content (AvgIpc) is 2.07. The van der Waals surface area contributed by atoms with Crippen molar-refractivity contribution in [2.24, 2.45) is 0 Å². The number of aromatic carboxylic acids is 1. The van der Waals surface area contributed by atoms with Gasteiger partial charge in [-0.3, -0.25) is 4.79 Å². The minimum atomic E-state index is -1.44. The third-order valence-corrected chi connectivity index (χ3v) is 1.65. The highest BCUT2D eigenvalue weighted by Gasteiger charge is 2.07. The van der Waals surface area contributed by atoms with Gasteiger partial charge in [0.15, 0.2) is 0 Å². The maximum atomic E-state index is 10.6. The minimum absolute atomic E-state index is 0.0677. The molecule has 0 amide bonds. The molecule has 0 aliphatic rings. The monoisotopic (exact) mass is 213 g/mol. The van der Waals surface area contributed by atoms with Crippen molar-refractivity contribution in [3.05, 3.63) is 28.8 Å². The van der Waals surface area contributed by atoms with Crippen LogP contribution in [0.5, 0.6) is 5.75 Å². The summed E-state index contributed by atoms with van der Waals surface area (Å²) in [4.78, 5) is 21.2. The van der Waals surface area contributed by atoms with E-state index in [1.54, 1.807) is 0 Å². The number of ether oxygens (including phenoxy) is 1. The van der Waals surface area contributed by atoms with Gasteiger partial charge in [-0.05, 0) is 18.2 Å². The highest BCUT2D eigenvalue weighted by molar-refractivity contribution is 6.31. The molecule has 0 saturated carbocycles. The van der Waals surface area contributed by atoms with E-state index >= 15 is 0 Å². The fourth-order valence-electron chi connectivity index (χ4n) is 0.906. The molecule has 5 heteroatoms. The van der Waals surface area contributed by atoms with Crippen molar-refractivity contribution < 1.29 is 19.4 Å². The molecule has 0 saturated heterocycles. The Morgan fingerprint density at radius 3 is 2.57 bits per heavy atom. The summed E-state index contributed by atoms with van der Waals surface area (Å²) in [5, 5.41) is 10.8. The van der Waals surface area contributed by atoms with Gasteiger partial charge in [0, 0.05) is 17.5 Å². The summed E-state index contributed by atoms with van der Waals surface area (Å²) in [5.74, 6) is -2.11. The van der Waals surface area contributed by atoms with Crippen LogP contribution in [0.15, 0.2) is 18.2 Å². The molecule has 0 unspecified atom stereocenters. The van der Waals surface area contributed by atoms with Crippen LogP contribution in [0.1, 0.15) is 17.3 Å². The summed E-state index contributed by atoms with van der Waals surface area (Å²) in [6.45, 7) is 1.17. The quantitative estimate of drug-likeness (QED) is 0.534. The predicted molar refractivity (Wildman–Crippen MR) is 47.1 cm³/mol. The number of halogens is 1. The van der Waals surface area contributed by atoms with E-state index in [2.05, 4.69) is 4.74 Å². The summed E-state index contributed by atoms with van der Waals surface area (Å²) in [6.07, 6.45) is 0. The third kappa shape index (κ3) is 2.47. The Morgan fingerprint density at radius 2 is 2.07 bits per heavy atom. The van der Waals surface area contributed by atoms with E-state index in [1.807, 2.05) is 0 Å². The number of carbonyl (C=O) groups excluding carboxylic acids is 2. The van der Waals surface area contributed by atoms with Crippen molar-refractivity contribution in [3.8, 4) is 5.75 Å². The number of carbonyl (C=O) groups is 2. The first-order valence-electron chi connectivity index (χ1n) is 3.70. The maximum absolute atomic E-state index is 10.6. The van der Waals surface area contributed by atoms with Gasteiger partial charge in [-0.25, -0.2) is 0 Å². The van der Waals surface area contributed by atoms with Crippen LogP contribution in [0.25, 0.3) is 0 Å². The molecule has 74 valence electrons. The first kappa shape index (κ1) is 10.5. The average molecular weight is 214 g/mol. The van der Waals surface area contributed by atoms with E-state index in [9.17, 15) is 14.7 Å². The molecule has 0 fully saturated rings. The number of carboxylic acid groups (broad SMARTS) is 1. The Kier molecular flexibility index (Phi) is 3.09. The largest absolute Gasteiger partial charge is 0.545 e. The zero-order chi connectivity index (χ0) is 10.7. The zero-order valence-corrected chi connectivity index (χ0v) is 8.00. The fourth-order valence-corrected chi connectivity index (χ4v) is 1.08. The van der Waals surface area contributed by atoms with Gasteiger partial charge in [-0.2, -0.15) is 0 Å². The van der Waals surface area contributed by atoms with E-state index in [4.69, 9.17) is 11.6 Å². The van der Waals surface area contributed by atoms with Gasteiger partial charge in [-0.15, -0.1) is 0 Å². The molecule has 0 aliphatic heterocycles. The molecule has 0 heterocycles. The Balaban J connectivity index is 3.14. The van der Waals surface area contributed by atoms with E-state index < -0.39 is 11.9 Å². The molecule has 14 heavy (non-hydrogen) atoms. The Morgan fingerprint density at radius 1 is 1.43 bits per heavy atom. The van der Waals surface area contributed by atoms with Crippen LogP contribution in [0.4, 0.5) is 0 Å². The first-order chi connectivity index (χ1) is 6.50. The number of esters is 1. The SMILES string of the molecule is CC(=O)Oc1ccc(Cl)cc1C(=O)[O-]. The van der Waals surface area contributed by atoms with Gasteiger partial charge >= 0.3 is 5.97 Å². The van der Waals surface area contributed by atoms with Crippen molar-refractivity contribution >= 4 is 23.5 Å². The maximum Gasteiger partial charge on any atom is 0.308 e. The Labute approximate surface area is 85.1 Å². The lowest BCUT2D eigenvalue weighted by atomic mass is 10.2. The molecule has 0 atom stereocenters. The molecular formula is C9H6ClO4-. The highest BCUT2D eigenvalue weighted by Crippen LogP contribution is 2.22. The van der Waals surface area contributed by atoms with E-state index in [0.29, 0.717) is 0 Å². The van der Waals surface area contributed by atoms with Crippen LogP contribution >= 0.6 is 11.6 Å². The van der Waals surface area contributed by atoms with Gasteiger partial charge in [-0.1, -0.05) is 11.6 Å². The molecular weight excluding hydrogens is 208 g/mol. The number of rotatable bonds is 2. The lowest BCUT2D eigenvalue weighted by molar-refractivity contribution is -0.255. The van der Waals surface area contributed by atoms with Gasteiger partial charge in [0.2, 0.25) is 0 Å². The van der Waals surface area contributed by atoms with Crippen molar-refractivity contribution in [2.45, 2.75) is 6.92 Å². The lowest BCUT2D eigenvalue weighted by Crippen LogP contribution is -2.23. The highest BCUT2D eigenvalue weighted by atomic mass is 35.5. The summed E-state index contributed by atoms with van der Waals surface area (Å²) in [7, 11) is 0. The van der Waals surface area contributed by atoms with Crippen LogP contribution in [0.2, 0.25) is 5.02 Å². The molecule has 0 aromatic heterocycles. The number of benzene rings is 1. The van der Waals surface area contributed by atoms with E-state index in [1.165, 1.54) is 19.1 Å². The van der Waals surface area contributed by atoms with Crippen LogP contribution in [0, 0.1) is 0 Å². The van der Waals surface area contributed by atoms with Gasteiger partial charge in [0.1, 0.15) is 5.75 Å². The molecule has 0 bridgehead atoms. The second kappa shape index (κ2) is 4.11. The van der Waals surface area contributed by atoms with E-state index in [-0.39, 0.29) is 16.3 Å². The molecule has 0 radical (unpaired) electrons. The second-order valence-corrected chi connectivity index (χ2v) is 2.96. The predicted octanol–water partition coefficient (Wildman–Crippen LogP) is 0.629. The molecule has 1 rings (SSSR count). The molecule has 1 aromatic carbocycles. The van der Waals surface area contributed by atoms with Crippen molar-refractivity contribution in [2.75, 3.05) is 0 Å². The topological polar surface area (TPSA) is 66.4 Å². The zero-order valence-electron chi connectivity index (χ0n) is 7.24. The summed E-state index contributed by atoms with van der Waals surface area (Å²) < 4.78 is 4.64. The van der Waals surface area contributed by atoms with Crippen LogP contribution < -0.4 is 9.84 Å². The molecule has 4 nitrogen and oxygen atoms in total. The third-order valence-electron chi connectivity index (χ3n) is 1.42. The summed E-state index contributed by atoms with van der Waals surface area (Å²) >= 11 is 5.57. The smallest absolute Gasteiger partial charge is 0.308 e. The van der Waals surface area contributed by atoms with Gasteiger partial charge in [0.05, 0.1) is 5.97 Å². The fraction of sp³-hybridized carbons (Fsp3) is 0.111. The number of hydrogen-bond donors (Lipinski definition) is 0. The van der Waals surface area contributed by atoms with Crippen molar-refractivity contribution in [1.82, 2.24) is 0 Å². The Bertz CT molecular complexity index is 386. The van der Waals surface area contributed by atoms with Gasteiger partial charge < -0.3 is 14.6 Å². The van der Waals surface area contributed by atoms with Crippen LogP contribution in [0.3, 0.4) is 0 Å². The van der Waals surface area contributed by atoms with Crippen LogP contribution in [-0.2, 0) is 4.79 Å². The van der Waals surface area contributed by atoms with Crippen LogP contribution in [-0.4, -0.2) is 11.9 Å². The normalized spacial score (nSPS) is 9.57. The minimum Gasteiger partial charge on any atom is -0.545 e. The molecule has 0 spiro atoms. The summed E-state index contributed by atoms with van der Waals surface area (Å²) in [6, 6.07) is 3.89. The molecule has 0 aliphatic carbocycles. The Hall–Kier alpha value is -1.55.